The summed E-state index contributed by atoms with van der Waals surface area (Å²) in [6.07, 6.45) is -4.51. The first-order valence-corrected chi connectivity index (χ1v) is 6.35. The Morgan fingerprint density at radius 1 is 1.38 bits per heavy atom. The summed E-state index contributed by atoms with van der Waals surface area (Å²) in [4.78, 5) is 0. The highest BCUT2D eigenvalue weighted by molar-refractivity contribution is 7.89. The largest absolute Gasteiger partial charge is 0.402 e. The second-order valence-electron chi connectivity index (χ2n) is 3.45. The highest BCUT2D eigenvalue weighted by Crippen LogP contribution is 2.20. The molecule has 0 aromatic heterocycles. The minimum Gasteiger partial charge on any atom is -0.318 e. The van der Waals surface area contributed by atoms with Crippen LogP contribution in [-0.2, 0) is 10.0 Å². The van der Waals surface area contributed by atoms with Crippen molar-refractivity contribution in [1.82, 2.24) is 9.62 Å². The van der Waals surface area contributed by atoms with Gasteiger partial charge in [0.1, 0.15) is 6.54 Å². The molecule has 1 N–H and O–H groups in total. The molecule has 1 atom stereocenters. The number of sulfonamides is 1. The lowest BCUT2D eigenvalue weighted by Crippen LogP contribution is -2.45. The first kappa shape index (κ1) is 15.7. The van der Waals surface area contributed by atoms with E-state index in [9.17, 15) is 21.6 Å². The van der Waals surface area contributed by atoms with Gasteiger partial charge in [0.15, 0.2) is 0 Å². The van der Waals surface area contributed by atoms with Crippen LogP contribution >= 0.6 is 0 Å². The molecule has 4 nitrogen and oxygen atoms in total. The molecule has 1 unspecified atom stereocenters. The van der Waals surface area contributed by atoms with Crippen LogP contribution in [0, 0.1) is 0 Å². The average Bonchev–Trinajstić information content (AvgIpc) is 2.12. The predicted octanol–water partition coefficient (Wildman–Crippen LogP) is 0.808. The standard InChI is InChI=1S/C8H17F3N2O2S/c1-4-13(6-8(9,10)11)16(14,15)7(2)5-12-3/h7,12H,4-6H2,1-3H3. The Hall–Kier alpha value is -0.340. The van der Waals surface area contributed by atoms with Gasteiger partial charge in [0, 0.05) is 13.1 Å². The summed E-state index contributed by atoms with van der Waals surface area (Å²) in [7, 11) is -2.35. The summed E-state index contributed by atoms with van der Waals surface area (Å²) in [5.41, 5.74) is 0. The van der Waals surface area contributed by atoms with Crippen LogP contribution in [0.3, 0.4) is 0 Å². The van der Waals surface area contributed by atoms with E-state index in [2.05, 4.69) is 5.32 Å². The highest BCUT2D eigenvalue weighted by Gasteiger charge is 2.37. The molecule has 16 heavy (non-hydrogen) atoms. The number of alkyl halides is 3. The molecule has 8 heteroatoms. The van der Waals surface area contributed by atoms with Crippen LogP contribution in [0.4, 0.5) is 13.2 Å². The van der Waals surface area contributed by atoms with Gasteiger partial charge in [-0.2, -0.15) is 17.5 Å². The van der Waals surface area contributed by atoms with Crippen molar-refractivity contribution in [2.45, 2.75) is 25.3 Å². The summed E-state index contributed by atoms with van der Waals surface area (Å²) in [5, 5.41) is 1.75. The van der Waals surface area contributed by atoms with E-state index in [-0.39, 0.29) is 13.1 Å². The monoisotopic (exact) mass is 262 g/mol. The Bertz CT molecular complexity index is 303. The summed E-state index contributed by atoms with van der Waals surface area (Å²) >= 11 is 0. The third-order valence-corrected chi connectivity index (χ3v) is 4.36. The molecule has 0 fully saturated rings. The lowest BCUT2D eigenvalue weighted by molar-refractivity contribution is -0.135. The first-order chi connectivity index (χ1) is 7.15. The minimum atomic E-state index is -4.51. The maximum atomic E-state index is 12.2. The fourth-order valence-corrected chi connectivity index (χ4v) is 2.80. The molecule has 0 rings (SSSR count). The number of hydrogen-bond acceptors (Lipinski definition) is 3. The summed E-state index contributed by atoms with van der Waals surface area (Å²) in [6, 6.07) is 0. The smallest absolute Gasteiger partial charge is 0.318 e. The van der Waals surface area contributed by atoms with Crippen molar-refractivity contribution in [2.75, 3.05) is 26.7 Å². The van der Waals surface area contributed by atoms with E-state index >= 15 is 0 Å². The molecule has 0 aliphatic heterocycles. The van der Waals surface area contributed by atoms with Crippen LogP contribution in [0.25, 0.3) is 0 Å². The maximum absolute atomic E-state index is 12.2. The second-order valence-corrected chi connectivity index (χ2v) is 5.81. The molecule has 0 spiro atoms. The molecule has 0 heterocycles. The molecule has 0 aliphatic carbocycles. The number of rotatable bonds is 6. The van der Waals surface area contributed by atoms with Gasteiger partial charge in [0.05, 0.1) is 5.25 Å². The SMILES string of the molecule is CCN(CC(F)(F)F)S(=O)(=O)C(C)CNC. The summed E-state index contributed by atoms with van der Waals surface area (Å²) in [5.74, 6) is 0. The van der Waals surface area contributed by atoms with Gasteiger partial charge in [-0.15, -0.1) is 0 Å². The van der Waals surface area contributed by atoms with Gasteiger partial charge in [0.2, 0.25) is 10.0 Å². The van der Waals surface area contributed by atoms with Crippen molar-refractivity contribution < 1.29 is 21.6 Å². The summed E-state index contributed by atoms with van der Waals surface area (Å²) < 4.78 is 60.3. The van der Waals surface area contributed by atoms with E-state index in [1.807, 2.05) is 0 Å². The van der Waals surface area contributed by atoms with Crippen molar-refractivity contribution in [3.63, 3.8) is 0 Å². The van der Waals surface area contributed by atoms with Gasteiger partial charge in [-0.1, -0.05) is 6.92 Å². The van der Waals surface area contributed by atoms with E-state index < -0.39 is 28.0 Å². The molecule has 0 radical (unpaired) electrons. The third-order valence-electron chi connectivity index (χ3n) is 2.07. The lowest BCUT2D eigenvalue weighted by Gasteiger charge is -2.25. The highest BCUT2D eigenvalue weighted by atomic mass is 32.2. The van der Waals surface area contributed by atoms with Crippen LogP contribution in [0.5, 0.6) is 0 Å². The molecule has 0 aromatic carbocycles. The summed E-state index contributed by atoms with van der Waals surface area (Å²) in [6.45, 7) is 1.27. The van der Waals surface area contributed by atoms with Gasteiger partial charge in [-0.05, 0) is 14.0 Å². The Morgan fingerprint density at radius 2 is 1.88 bits per heavy atom. The Morgan fingerprint density at radius 3 is 2.19 bits per heavy atom. The normalized spacial score (nSPS) is 15.4. The number of nitrogens with one attached hydrogen (secondary N) is 1. The molecule has 0 saturated heterocycles. The Kier molecular flexibility index (Phi) is 5.71. The van der Waals surface area contributed by atoms with Crippen molar-refractivity contribution in [2.24, 2.45) is 0 Å². The molecule has 0 amide bonds. The van der Waals surface area contributed by atoms with Gasteiger partial charge >= 0.3 is 6.18 Å². The minimum absolute atomic E-state index is 0.122. The lowest BCUT2D eigenvalue weighted by atomic mass is 10.5. The quantitative estimate of drug-likeness (QED) is 0.770. The average molecular weight is 262 g/mol. The van der Waals surface area contributed by atoms with Gasteiger partial charge in [0.25, 0.3) is 0 Å². The third kappa shape index (κ3) is 4.67. The van der Waals surface area contributed by atoms with Crippen molar-refractivity contribution in [3.05, 3.63) is 0 Å². The maximum Gasteiger partial charge on any atom is 0.402 e. The van der Waals surface area contributed by atoms with Gasteiger partial charge in [-0.3, -0.25) is 0 Å². The van der Waals surface area contributed by atoms with E-state index in [0.717, 1.165) is 0 Å². The van der Waals surface area contributed by atoms with Crippen LogP contribution in [0.1, 0.15) is 13.8 Å². The molecular weight excluding hydrogens is 245 g/mol. The van der Waals surface area contributed by atoms with E-state index in [0.29, 0.717) is 4.31 Å². The van der Waals surface area contributed by atoms with Crippen molar-refractivity contribution in [3.8, 4) is 0 Å². The second kappa shape index (κ2) is 5.83. The Balaban J connectivity index is 4.81. The fourth-order valence-electron chi connectivity index (χ4n) is 1.23. The molecule has 0 saturated carbocycles. The van der Waals surface area contributed by atoms with Crippen LogP contribution < -0.4 is 5.32 Å². The predicted molar refractivity (Wildman–Crippen MR) is 55.6 cm³/mol. The zero-order chi connectivity index (χ0) is 13.0. The first-order valence-electron chi connectivity index (χ1n) is 4.85. The van der Waals surface area contributed by atoms with Crippen molar-refractivity contribution in [1.29, 1.82) is 0 Å². The van der Waals surface area contributed by atoms with Crippen LogP contribution in [0.15, 0.2) is 0 Å². The molecule has 0 aromatic rings. The molecule has 98 valence electrons. The topological polar surface area (TPSA) is 49.4 Å². The number of halogens is 3. The van der Waals surface area contributed by atoms with E-state index in [1.54, 1.807) is 7.05 Å². The van der Waals surface area contributed by atoms with E-state index in [4.69, 9.17) is 0 Å². The molecule has 0 bridgehead atoms. The number of nitrogens with zero attached hydrogens (tertiary/aromatic N) is 1. The Labute approximate surface area is 93.9 Å². The fraction of sp³-hybridized carbons (Fsp3) is 1.00. The van der Waals surface area contributed by atoms with Crippen LogP contribution in [-0.4, -0.2) is 50.8 Å². The van der Waals surface area contributed by atoms with Crippen LogP contribution in [0.2, 0.25) is 0 Å². The van der Waals surface area contributed by atoms with E-state index in [1.165, 1.54) is 13.8 Å². The van der Waals surface area contributed by atoms with Gasteiger partial charge < -0.3 is 5.32 Å². The van der Waals surface area contributed by atoms with Gasteiger partial charge in [-0.25, -0.2) is 8.42 Å². The molecular formula is C8H17F3N2O2S. The number of hydrogen-bond donors (Lipinski definition) is 1. The van der Waals surface area contributed by atoms with Crippen molar-refractivity contribution >= 4 is 10.0 Å². The zero-order valence-electron chi connectivity index (χ0n) is 9.50. The molecule has 0 aliphatic rings. The zero-order valence-corrected chi connectivity index (χ0v) is 10.3.